The molecule has 0 unspecified atom stereocenters. The highest BCUT2D eigenvalue weighted by atomic mass is 16.1. The summed E-state index contributed by atoms with van der Waals surface area (Å²) in [4.78, 5) is 14.9. The van der Waals surface area contributed by atoms with Crippen LogP contribution in [-0.4, -0.2) is 40.1 Å². The van der Waals surface area contributed by atoms with Crippen molar-refractivity contribution in [3.8, 4) is 0 Å². The predicted molar refractivity (Wildman–Crippen MR) is 114 cm³/mol. The molecule has 3 aromatic rings. The molecule has 1 aromatic heterocycles. The lowest BCUT2D eigenvalue weighted by Gasteiger charge is -2.39. The van der Waals surface area contributed by atoms with E-state index in [1.54, 1.807) is 6.20 Å². The van der Waals surface area contributed by atoms with Crippen molar-refractivity contribution in [2.75, 3.05) is 13.6 Å². The summed E-state index contributed by atoms with van der Waals surface area (Å²) in [7, 11) is 2.18. The van der Waals surface area contributed by atoms with E-state index in [0.717, 1.165) is 24.9 Å². The molecule has 0 aliphatic heterocycles. The fourth-order valence-corrected chi connectivity index (χ4v) is 4.25. The minimum Gasteiger partial charge on any atom is -0.354 e. The molecule has 5 nitrogen and oxygen atoms in total. The van der Waals surface area contributed by atoms with Crippen molar-refractivity contribution in [3.05, 3.63) is 89.2 Å². The SMILES string of the molecule is CN(Cc1ccccc1)C1(CNC(=O)CCc2cn[nH]c2)Cc2ccccc2C1. The van der Waals surface area contributed by atoms with E-state index in [9.17, 15) is 4.79 Å². The van der Waals surface area contributed by atoms with Gasteiger partial charge in [0.1, 0.15) is 0 Å². The number of hydrogen-bond acceptors (Lipinski definition) is 3. The molecule has 2 N–H and O–H groups in total. The second kappa shape index (κ2) is 8.62. The van der Waals surface area contributed by atoms with Crippen molar-refractivity contribution < 1.29 is 4.79 Å². The Morgan fingerprint density at radius 1 is 1.07 bits per heavy atom. The summed E-state index contributed by atoms with van der Waals surface area (Å²) < 4.78 is 0. The fourth-order valence-electron chi connectivity index (χ4n) is 4.25. The second-order valence-corrected chi connectivity index (χ2v) is 8.07. The Hall–Kier alpha value is -2.92. The Labute approximate surface area is 172 Å². The number of aromatic amines is 1. The number of H-pyrrole nitrogens is 1. The third-order valence-electron chi connectivity index (χ3n) is 6.04. The van der Waals surface area contributed by atoms with Gasteiger partial charge in [0.2, 0.25) is 5.91 Å². The van der Waals surface area contributed by atoms with Crippen molar-refractivity contribution in [1.29, 1.82) is 0 Å². The molecule has 0 spiro atoms. The number of benzene rings is 2. The van der Waals surface area contributed by atoms with Crippen molar-refractivity contribution in [3.63, 3.8) is 0 Å². The maximum absolute atomic E-state index is 12.5. The van der Waals surface area contributed by atoms with Gasteiger partial charge >= 0.3 is 0 Å². The van der Waals surface area contributed by atoms with Crippen LogP contribution in [0.15, 0.2) is 67.0 Å². The van der Waals surface area contributed by atoms with Gasteiger partial charge in [-0.05, 0) is 48.6 Å². The van der Waals surface area contributed by atoms with Gasteiger partial charge in [0.05, 0.1) is 6.20 Å². The number of aryl methyl sites for hydroxylation is 1. The highest BCUT2D eigenvalue weighted by molar-refractivity contribution is 5.76. The van der Waals surface area contributed by atoms with Gasteiger partial charge in [-0.3, -0.25) is 14.8 Å². The average Bonchev–Trinajstić information content (AvgIpc) is 3.39. The van der Waals surface area contributed by atoms with E-state index in [-0.39, 0.29) is 11.4 Å². The molecule has 1 aliphatic rings. The molecule has 29 heavy (non-hydrogen) atoms. The number of aromatic nitrogens is 2. The first-order chi connectivity index (χ1) is 14.1. The Bertz CT molecular complexity index is 912. The van der Waals surface area contributed by atoms with Crippen molar-refractivity contribution in [2.45, 2.75) is 37.8 Å². The van der Waals surface area contributed by atoms with Crippen molar-refractivity contribution in [2.24, 2.45) is 0 Å². The Morgan fingerprint density at radius 3 is 2.41 bits per heavy atom. The van der Waals surface area contributed by atoms with E-state index in [1.807, 2.05) is 12.3 Å². The Kier molecular flexibility index (Phi) is 5.76. The number of carbonyl (C=O) groups excluding carboxylic acids is 1. The zero-order valence-corrected chi connectivity index (χ0v) is 16.9. The zero-order valence-electron chi connectivity index (χ0n) is 16.9. The number of rotatable bonds is 8. The standard InChI is InChI=1S/C24H28N4O/c1-28(17-19-7-3-2-4-8-19)24(13-21-9-5-6-10-22(21)14-24)18-25-23(29)12-11-20-15-26-27-16-20/h2-10,15-16H,11-14,17-18H2,1H3,(H,25,29)(H,26,27). The summed E-state index contributed by atoms with van der Waals surface area (Å²) in [5.41, 5.74) is 5.02. The summed E-state index contributed by atoms with van der Waals surface area (Å²) in [5, 5.41) is 9.96. The fraction of sp³-hybridized carbons (Fsp3) is 0.333. The van der Waals surface area contributed by atoms with Crippen molar-refractivity contribution >= 4 is 5.91 Å². The molecule has 4 rings (SSSR count). The number of nitrogens with zero attached hydrogens (tertiary/aromatic N) is 2. The summed E-state index contributed by atoms with van der Waals surface area (Å²) in [6.45, 7) is 1.51. The van der Waals surface area contributed by atoms with Crippen LogP contribution >= 0.6 is 0 Å². The summed E-state index contributed by atoms with van der Waals surface area (Å²) in [5.74, 6) is 0.0923. The number of nitrogens with one attached hydrogen (secondary N) is 2. The predicted octanol–water partition coefficient (Wildman–Crippen LogP) is 3.13. The zero-order chi connectivity index (χ0) is 20.1. The van der Waals surface area contributed by atoms with Crippen LogP contribution in [0.1, 0.15) is 28.7 Å². The van der Waals surface area contributed by atoms with Crippen LogP contribution in [0.3, 0.4) is 0 Å². The Morgan fingerprint density at radius 2 is 1.76 bits per heavy atom. The first-order valence-electron chi connectivity index (χ1n) is 10.2. The molecule has 0 saturated carbocycles. The smallest absolute Gasteiger partial charge is 0.220 e. The molecule has 1 aliphatic carbocycles. The lowest BCUT2D eigenvalue weighted by molar-refractivity contribution is -0.121. The largest absolute Gasteiger partial charge is 0.354 e. The van der Waals surface area contributed by atoms with Gasteiger partial charge in [0.25, 0.3) is 0 Å². The topological polar surface area (TPSA) is 61.0 Å². The number of likely N-dealkylation sites (N-methyl/N-ethyl adjacent to an activating group) is 1. The molecular formula is C24H28N4O. The molecule has 0 fully saturated rings. The molecule has 1 heterocycles. The number of carbonyl (C=O) groups is 1. The molecule has 0 radical (unpaired) electrons. The van der Waals surface area contributed by atoms with Gasteiger partial charge in [0, 0.05) is 31.2 Å². The van der Waals surface area contributed by atoms with Crippen LogP contribution in [0, 0.1) is 0 Å². The van der Waals surface area contributed by atoms with Gasteiger partial charge in [-0.2, -0.15) is 5.10 Å². The summed E-state index contributed by atoms with van der Waals surface area (Å²) in [6.07, 6.45) is 6.70. The summed E-state index contributed by atoms with van der Waals surface area (Å²) in [6, 6.07) is 19.2. The van der Waals surface area contributed by atoms with Crippen LogP contribution in [0.2, 0.25) is 0 Å². The van der Waals surface area contributed by atoms with Gasteiger partial charge in [-0.1, -0.05) is 54.6 Å². The van der Waals surface area contributed by atoms with E-state index < -0.39 is 0 Å². The van der Waals surface area contributed by atoms with Crippen LogP contribution < -0.4 is 5.32 Å². The lowest BCUT2D eigenvalue weighted by Crippen LogP contribution is -2.54. The lowest BCUT2D eigenvalue weighted by atomic mass is 9.92. The van der Waals surface area contributed by atoms with Crippen LogP contribution in [-0.2, 0) is 30.6 Å². The molecule has 0 atom stereocenters. The van der Waals surface area contributed by atoms with E-state index in [2.05, 4.69) is 76.0 Å². The van der Waals surface area contributed by atoms with Gasteiger partial charge in [0.15, 0.2) is 0 Å². The molecule has 1 amide bonds. The minimum atomic E-state index is -0.106. The molecule has 0 saturated heterocycles. The monoisotopic (exact) mass is 388 g/mol. The van der Waals surface area contributed by atoms with Crippen LogP contribution in [0.25, 0.3) is 0 Å². The van der Waals surface area contributed by atoms with E-state index in [4.69, 9.17) is 0 Å². The molecule has 0 bridgehead atoms. The van der Waals surface area contributed by atoms with Gasteiger partial charge in [-0.25, -0.2) is 0 Å². The molecule has 5 heteroatoms. The average molecular weight is 389 g/mol. The third-order valence-corrected chi connectivity index (χ3v) is 6.04. The maximum atomic E-state index is 12.5. The third kappa shape index (κ3) is 4.57. The first-order valence-corrected chi connectivity index (χ1v) is 10.2. The highest BCUT2D eigenvalue weighted by Gasteiger charge is 2.40. The molecule has 150 valence electrons. The number of amides is 1. The van der Waals surface area contributed by atoms with Crippen molar-refractivity contribution in [1.82, 2.24) is 20.4 Å². The first kappa shape index (κ1) is 19.4. The minimum absolute atomic E-state index is 0.0923. The highest BCUT2D eigenvalue weighted by Crippen LogP contribution is 2.34. The van der Waals surface area contributed by atoms with Crippen LogP contribution in [0.4, 0.5) is 0 Å². The maximum Gasteiger partial charge on any atom is 0.220 e. The normalized spacial score (nSPS) is 14.7. The molecular weight excluding hydrogens is 360 g/mol. The Balaban J connectivity index is 1.45. The van der Waals surface area contributed by atoms with E-state index in [0.29, 0.717) is 19.4 Å². The summed E-state index contributed by atoms with van der Waals surface area (Å²) >= 11 is 0. The number of hydrogen-bond donors (Lipinski definition) is 2. The van der Waals surface area contributed by atoms with E-state index in [1.165, 1.54) is 16.7 Å². The molecule has 2 aromatic carbocycles. The van der Waals surface area contributed by atoms with Crippen LogP contribution in [0.5, 0.6) is 0 Å². The number of fused-ring (bicyclic) bond motifs is 1. The van der Waals surface area contributed by atoms with Gasteiger partial charge < -0.3 is 5.32 Å². The second-order valence-electron chi connectivity index (χ2n) is 8.07. The van der Waals surface area contributed by atoms with E-state index >= 15 is 0 Å². The van der Waals surface area contributed by atoms with Gasteiger partial charge in [-0.15, -0.1) is 0 Å². The quantitative estimate of drug-likeness (QED) is 0.623.